The Hall–Kier alpha value is -0.770. The molecule has 98 valence electrons. The summed E-state index contributed by atoms with van der Waals surface area (Å²) in [6, 6.07) is 1.08. The Balaban J connectivity index is 1.73. The van der Waals surface area contributed by atoms with Crippen molar-refractivity contribution in [2.45, 2.75) is 58.2 Å². The lowest BCUT2D eigenvalue weighted by Gasteiger charge is -2.51. The van der Waals surface area contributed by atoms with Gasteiger partial charge in [-0.15, -0.1) is 0 Å². The molecule has 3 rings (SSSR count). The lowest BCUT2D eigenvalue weighted by Crippen LogP contribution is -2.61. The molecule has 0 aromatic carbocycles. The molecule has 2 saturated heterocycles. The maximum atomic E-state index is 11.5. The summed E-state index contributed by atoms with van der Waals surface area (Å²) in [6.45, 7) is 8.58. The molecule has 1 aliphatic carbocycles. The van der Waals surface area contributed by atoms with Gasteiger partial charge in [-0.05, 0) is 45.4 Å². The van der Waals surface area contributed by atoms with Crippen molar-refractivity contribution < 1.29 is 9.53 Å². The number of hydrogen-bond acceptors (Lipinski definition) is 3. The zero-order valence-electron chi connectivity index (χ0n) is 11.2. The summed E-state index contributed by atoms with van der Waals surface area (Å²) in [4.78, 5) is 11.5. The summed E-state index contributed by atoms with van der Waals surface area (Å²) in [5.74, 6) is 1.50. The monoisotopic (exact) mass is 240 g/mol. The number of nitrogens with one attached hydrogen (secondary N) is 2. The molecular formula is C13H24N2O2. The van der Waals surface area contributed by atoms with Gasteiger partial charge >= 0.3 is 6.09 Å². The molecule has 3 fully saturated rings. The minimum absolute atomic E-state index is 0.314. The van der Waals surface area contributed by atoms with Gasteiger partial charge in [0.05, 0.1) is 0 Å². The van der Waals surface area contributed by atoms with Crippen LogP contribution >= 0.6 is 0 Å². The number of carbonyl (C=O) groups is 1. The third-order valence-electron chi connectivity index (χ3n) is 3.87. The van der Waals surface area contributed by atoms with Crippen molar-refractivity contribution in [3.63, 3.8) is 0 Å². The van der Waals surface area contributed by atoms with Crippen LogP contribution in [-0.4, -0.2) is 30.3 Å². The van der Waals surface area contributed by atoms with E-state index in [9.17, 15) is 4.79 Å². The summed E-state index contributed by atoms with van der Waals surface area (Å²) in [5, 5.41) is 6.44. The van der Waals surface area contributed by atoms with E-state index in [2.05, 4.69) is 17.6 Å². The molecule has 0 spiro atoms. The number of ether oxygens (including phenoxy) is 1. The lowest BCUT2D eigenvalue weighted by molar-refractivity contribution is 0.0392. The number of carbonyl (C=O) groups excluding carboxylic acids is 1. The maximum absolute atomic E-state index is 11.5. The van der Waals surface area contributed by atoms with Crippen LogP contribution in [-0.2, 0) is 4.74 Å². The summed E-state index contributed by atoms with van der Waals surface area (Å²) in [6.07, 6.45) is 2.31. The molecule has 2 aliphatic heterocycles. The fourth-order valence-electron chi connectivity index (χ4n) is 2.76. The fourth-order valence-corrected chi connectivity index (χ4v) is 2.76. The van der Waals surface area contributed by atoms with Crippen LogP contribution in [0.25, 0.3) is 0 Å². The number of rotatable bonds is 2. The fraction of sp³-hybridized carbons (Fsp3) is 0.923. The summed E-state index contributed by atoms with van der Waals surface area (Å²) < 4.78 is 5.22. The number of alkyl carbamates (subject to hydrolysis) is 1. The number of piperidine rings is 2. The van der Waals surface area contributed by atoms with Crippen molar-refractivity contribution in [1.29, 1.82) is 0 Å². The van der Waals surface area contributed by atoms with Gasteiger partial charge in [-0.3, -0.25) is 0 Å². The van der Waals surface area contributed by atoms with Gasteiger partial charge in [0.1, 0.15) is 5.60 Å². The average molecular weight is 240 g/mol. The minimum atomic E-state index is -0.419. The van der Waals surface area contributed by atoms with E-state index in [1.54, 1.807) is 0 Å². The molecule has 0 aromatic rings. The smallest absolute Gasteiger partial charge is 0.407 e. The van der Waals surface area contributed by atoms with Crippen molar-refractivity contribution >= 4 is 6.09 Å². The van der Waals surface area contributed by atoms with E-state index in [1.807, 2.05) is 20.8 Å². The second-order valence-corrected chi connectivity index (χ2v) is 6.44. The molecule has 4 heteroatoms. The number of amides is 1. The van der Waals surface area contributed by atoms with E-state index in [0.717, 1.165) is 5.92 Å². The summed E-state index contributed by atoms with van der Waals surface area (Å²) in [7, 11) is 0. The van der Waals surface area contributed by atoms with Gasteiger partial charge in [0, 0.05) is 18.6 Å². The van der Waals surface area contributed by atoms with Crippen LogP contribution in [0, 0.1) is 11.8 Å². The first-order valence-corrected chi connectivity index (χ1v) is 6.58. The van der Waals surface area contributed by atoms with Crippen LogP contribution in [0.2, 0.25) is 0 Å². The van der Waals surface area contributed by atoms with E-state index in [0.29, 0.717) is 24.5 Å². The highest BCUT2D eigenvalue weighted by Gasteiger charge is 2.42. The molecule has 2 N–H and O–H groups in total. The normalized spacial score (nSPS) is 36.0. The average Bonchev–Trinajstić information content (AvgIpc) is 2.11. The van der Waals surface area contributed by atoms with Gasteiger partial charge in [0.2, 0.25) is 0 Å². The first kappa shape index (κ1) is 12.7. The van der Waals surface area contributed by atoms with Crippen molar-refractivity contribution in [2.24, 2.45) is 11.8 Å². The van der Waals surface area contributed by atoms with Gasteiger partial charge < -0.3 is 15.4 Å². The minimum Gasteiger partial charge on any atom is -0.444 e. The standard InChI is InChI=1S/C13H24N2O2/c1-8-9-5-10(6-9)15-11(8)7-14-12(16)17-13(2,3)4/h8-11,15H,5-7H2,1-4H3,(H,14,16)/t8-,9?,10?,11?/m1/s1. The van der Waals surface area contributed by atoms with Crippen LogP contribution in [0.5, 0.6) is 0 Å². The molecule has 3 aliphatic rings. The number of fused-ring (bicyclic) bond motifs is 2. The van der Waals surface area contributed by atoms with Crippen LogP contribution in [0.3, 0.4) is 0 Å². The molecule has 1 unspecified atom stereocenters. The molecule has 2 atom stereocenters. The van der Waals surface area contributed by atoms with E-state index in [4.69, 9.17) is 4.74 Å². The van der Waals surface area contributed by atoms with Crippen LogP contribution in [0.4, 0.5) is 4.79 Å². The maximum Gasteiger partial charge on any atom is 0.407 e. The van der Waals surface area contributed by atoms with Crippen molar-refractivity contribution in [3.8, 4) is 0 Å². The third kappa shape index (κ3) is 3.12. The SMILES string of the molecule is C[C@@H]1C2CC(C2)NC1CNC(=O)OC(C)(C)C. The van der Waals surface area contributed by atoms with Gasteiger partial charge in [-0.1, -0.05) is 6.92 Å². The van der Waals surface area contributed by atoms with Crippen molar-refractivity contribution in [2.75, 3.05) is 6.54 Å². The highest BCUT2D eigenvalue weighted by Crippen LogP contribution is 2.40. The molecule has 17 heavy (non-hydrogen) atoms. The highest BCUT2D eigenvalue weighted by atomic mass is 16.6. The zero-order chi connectivity index (χ0) is 12.6. The van der Waals surface area contributed by atoms with Crippen LogP contribution < -0.4 is 10.6 Å². The van der Waals surface area contributed by atoms with Gasteiger partial charge in [-0.25, -0.2) is 4.79 Å². The van der Waals surface area contributed by atoms with E-state index in [1.165, 1.54) is 12.8 Å². The van der Waals surface area contributed by atoms with E-state index >= 15 is 0 Å². The molecule has 2 heterocycles. The second-order valence-electron chi connectivity index (χ2n) is 6.44. The molecule has 0 radical (unpaired) electrons. The summed E-state index contributed by atoms with van der Waals surface area (Å²) >= 11 is 0. The van der Waals surface area contributed by atoms with Crippen molar-refractivity contribution in [3.05, 3.63) is 0 Å². The topological polar surface area (TPSA) is 50.4 Å². The molecule has 1 amide bonds. The third-order valence-corrected chi connectivity index (χ3v) is 3.87. The van der Waals surface area contributed by atoms with E-state index in [-0.39, 0.29) is 6.09 Å². The summed E-state index contributed by atoms with van der Waals surface area (Å²) in [5.41, 5.74) is -0.419. The predicted octanol–water partition coefficient (Wildman–Crippen LogP) is 1.90. The zero-order valence-corrected chi connectivity index (χ0v) is 11.2. The van der Waals surface area contributed by atoms with Gasteiger partial charge in [0.15, 0.2) is 0 Å². The molecule has 1 saturated carbocycles. The van der Waals surface area contributed by atoms with Gasteiger partial charge in [0.25, 0.3) is 0 Å². The molecular weight excluding hydrogens is 216 g/mol. The second kappa shape index (κ2) is 4.48. The highest BCUT2D eigenvalue weighted by molar-refractivity contribution is 5.67. The van der Waals surface area contributed by atoms with E-state index < -0.39 is 5.60 Å². The number of hydrogen-bond donors (Lipinski definition) is 2. The lowest BCUT2D eigenvalue weighted by atomic mass is 9.66. The first-order valence-electron chi connectivity index (χ1n) is 6.58. The largest absolute Gasteiger partial charge is 0.444 e. The van der Waals surface area contributed by atoms with Crippen molar-refractivity contribution in [1.82, 2.24) is 10.6 Å². The van der Waals surface area contributed by atoms with Crippen LogP contribution in [0.15, 0.2) is 0 Å². The van der Waals surface area contributed by atoms with Gasteiger partial charge in [-0.2, -0.15) is 0 Å². The predicted molar refractivity (Wildman–Crippen MR) is 66.8 cm³/mol. The Morgan fingerprint density at radius 3 is 2.59 bits per heavy atom. The first-order chi connectivity index (χ1) is 7.85. The Labute approximate surface area is 103 Å². The molecule has 0 aromatic heterocycles. The molecule has 2 bridgehead atoms. The quantitative estimate of drug-likeness (QED) is 0.775. The Morgan fingerprint density at radius 2 is 2.06 bits per heavy atom. The Kier molecular flexibility index (Phi) is 3.34. The Morgan fingerprint density at radius 1 is 1.41 bits per heavy atom. The molecule has 4 nitrogen and oxygen atoms in total. The van der Waals surface area contributed by atoms with Crippen LogP contribution in [0.1, 0.15) is 40.5 Å². The Bertz CT molecular complexity index is 292.